The minimum Gasteiger partial charge on any atom is -0.381 e. The smallest absolute Gasteiger partial charge is 0.0652 e. The van der Waals surface area contributed by atoms with Gasteiger partial charge in [-0.2, -0.15) is 0 Å². The van der Waals surface area contributed by atoms with E-state index in [1.165, 1.54) is 0 Å². The molecule has 0 aliphatic carbocycles. The van der Waals surface area contributed by atoms with Crippen molar-refractivity contribution < 1.29 is 0 Å². The zero-order valence-electron chi connectivity index (χ0n) is 11.6. The van der Waals surface area contributed by atoms with Crippen molar-refractivity contribution in [1.29, 1.82) is 0 Å². The first-order chi connectivity index (χ1) is 8.38. The van der Waals surface area contributed by atoms with Crippen LogP contribution < -0.4 is 5.32 Å². The minimum atomic E-state index is 0.462. The highest BCUT2D eigenvalue weighted by molar-refractivity contribution is 6.36. The van der Waals surface area contributed by atoms with Gasteiger partial charge in [-0.25, -0.2) is 0 Å². The van der Waals surface area contributed by atoms with Crippen LogP contribution in [0.3, 0.4) is 0 Å². The van der Waals surface area contributed by atoms with E-state index < -0.39 is 0 Å². The Hall–Kier alpha value is -0.400. The summed E-state index contributed by atoms with van der Waals surface area (Å²) in [6, 6.07) is 6.08. The van der Waals surface area contributed by atoms with E-state index in [-0.39, 0.29) is 0 Å². The largest absolute Gasteiger partial charge is 0.381 e. The Morgan fingerprint density at radius 3 is 2.00 bits per heavy atom. The summed E-state index contributed by atoms with van der Waals surface area (Å²) in [5.41, 5.74) is 0.979. The lowest BCUT2D eigenvalue weighted by molar-refractivity contribution is 0.442. The van der Waals surface area contributed by atoms with Crippen molar-refractivity contribution in [3.8, 4) is 0 Å². The lowest BCUT2D eigenvalue weighted by Crippen LogP contribution is -2.23. The van der Waals surface area contributed by atoms with Crippen molar-refractivity contribution in [2.24, 2.45) is 11.8 Å². The van der Waals surface area contributed by atoms with E-state index in [0.29, 0.717) is 27.9 Å². The summed E-state index contributed by atoms with van der Waals surface area (Å²) in [6.07, 6.45) is 2.30. The third kappa shape index (κ3) is 5.49. The molecule has 0 heterocycles. The maximum atomic E-state index is 6.20. The molecule has 0 aliphatic rings. The molecular formula is C15H23Cl2N. The molecule has 0 aliphatic heterocycles. The van der Waals surface area contributed by atoms with Crippen LogP contribution in [0, 0.1) is 11.8 Å². The van der Waals surface area contributed by atoms with Crippen molar-refractivity contribution in [2.75, 3.05) is 5.32 Å². The van der Waals surface area contributed by atoms with Crippen molar-refractivity contribution in [1.82, 2.24) is 0 Å². The van der Waals surface area contributed by atoms with Crippen LogP contribution in [-0.2, 0) is 0 Å². The van der Waals surface area contributed by atoms with Gasteiger partial charge in [-0.15, -0.1) is 0 Å². The number of anilines is 1. The van der Waals surface area contributed by atoms with Gasteiger partial charge in [0.2, 0.25) is 0 Å². The van der Waals surface area contributed by atoms with Crippen LogP contribution in [0.1, 0.15) is 40.5 Å². The molecule has 0 saturated heterocycles. The summed E-state index contributed by atoms with van der Waals surface area (Å²) in [4.78, 5) is 0. The lowest BCUT2D eigenvalue weighted by atomic mass is 9.95. The van der Waals surface area contributed by atoms with Crippen LogP contribution >= 0.6 is 23.2 Å². The van der Waals surface area contributed by atoms with E-state index in [0.717, 1.165) is 18.5 Å². The van der Waals surface area contributed by atoms with Gasteiger partial charge in [-0.1, -0.05) is 50.9 Å². The molecule has 0 aromatic heterocycles. The number of nitrogens with one attached hydrogen (secondary N) is 1. The SMILES string of the molecule is CC(C)CC(CC(C)C)Nc1ccc(Cl)cc1Cl. The van der Waals surface area contributed by atoms with E-state index in [2.05, 4.69) is 33.0 Å². The molecule has 18 heavy (non-hydrogen) atoms. The second-order valence-electron chi connectivity index (χ2n) is 5.72. The van der Waals surface area contributed by atoms with Crippen LogP contribution in [0.25, 0.3) is 0 Å². The van der Waals surface area contributed by atoms with Gasteiger partial charge in [0.05, 0.1) is 10.7 Å². The molecule has 1 nitrogen and oxygen atoms in total. The van der Waals surface area contributed by atoms with E-state index in [9.17, 15) is 0 Å². The fourth-order valence-corrected chi connectivity index (χ4v) is 2.64. The highest BCUT2D eigenvalue weighted by Crippen LogP contribution is 2.28. The summed E-state index contributed by atoms with van der Waals surface area (Å²) in [6.45, 7) is 8.99. The average Bonchev–Trinajstić information content (AvgIpc) is 2.20. The highest BCUT2D eigenvalue weighted by atomic mass is 35.5. The van der Waals surface area contributed by atoms with Crippen molar-refractivity contribution in [3.63, 3.8) is 0 Å². The lowest BCUT2D eigenvalue weighted by Gasteiger charge is -2.24. The van der Waals surface area contributed by atoms with Crippen LogP contribution in [0.4, 0.5) is 5.69 Å². The first kappa shape index (κ1) is 15.7. The topological polar surface area (TPSA) is 12.0 Å². The number of halogens is 2. The Kier molecular flexibility index (Phi) is 6.31. The van der Waals surface area contributed by atoms with Crippen molar-refractivity contribution in [2.45, 2.75) is 46.6 Å². The molecular weight excluding hydrogens is 265 g/mol. The summed E-state index contributed by atoms with van der Waals surface area (Å²) in [5.74, 6) is 1.35. The minimum absolute atomic E-state index is 0.462. The monoisotopic (exact) mass is 287 g/mol. The highest BCUT2D eigenvalue weighted by Gasteiger charge is 2.14. The normalized spacial score (nSPS) is 11.6. The van der Waals surface area contributed by atoms with E-state index in [1.807, 2.05) is 12.1 Å². The molecule has 0 fully saturated rings. The van der Waals surface area contributed by atoms with Crippen LogP contribution in [0.2, 0.25) is 10.0 Å². The Morgan fingerprint density at radius 1 is 1.00 bits per heavy atom. The molecule has 0 saturated carbocycles. The molecule has 1 aromatic rings. The molecule has 0 unspecified atom stereocenters. The van der Waals surface area contributed by atoms with E-state index in [1.54, 1.807) is 6.07 Å². The van der Waals surface area contributed by atoms with Gasteiger partial charge in [0, 0.05) is 11.1 Å². The van der Waals surface area contributed by atoms with Gasteiger partial charge in [0.25, 0.3) is 0 Å². The fourth-order valence-electron chi connectivity index (χ4n) is 2.18. The maximum Gasteiger partial charge on any atom is 0.0652 e. The Labute approximate surface area is 121 Å². The summed E-state index contributed by atoms with van der Waals surface area (Å²) >= 11 is 12.1. The Bertz CT molecular complexity index is 365. The zero-order valence-corrected chi connectivity index (χ0v) is 13.1. The van der Waals surface area contributed by atoms with E-state index in [4.69, 9.17) is 23.2 Å². The summed E-state index contributed by atoms with van der Waals surface area (Å²) < 4.78 is 0. The van der Waals surface area contributed by atoms with Crippen LogP contribution in [0.15, 0.2) is 18.2 Å². The van der Waals surface area contributed by atoms with Gasteiger partial charge < -0.3 is 5.32 Å². The second kappa shape index (κ2) is 7.25. The zero-order chi connectivity index (χ0) is 13.7. The number of hydrogen-bond acceptors (Lipinski definition) is 1. The quantitative estimate of drug-likeness (QED) is 0.690. The molecule has 0 amide bonds. The fraction of sp³-hybridized carbons (Fsp3) is 0.600. The molecule has 0 radical (unpaired) electrons. The molecule has 3 heteroatoms. The summed E-state index contributed by atoms with van der Waals surface area (Å²) in [5, 5.41) is 4.92. The van der Waals surface area contributed by atoms with Gasteiger partial charge in [-0.3, -0.25) is 0 Å². The third-order valence-electron chi connectivity index (χ3n) is 2.80. The van der Waals surface area contributed by atoms with Crippen LogP contribution in [-0.4, -0.2) is 6.04 Å². The molecule has 0 atom stereocenters. The molecule has 0 spiro atoms. The van der Waals surface area contributed by atoms with Gasteiger partial charge in [0.1, 0.15) is 0 Å². The predicted octanol–water partition coefficient (Wildman–Crippen LogP) is 5.87. The maximum absolute atomic E-state index is 6.20. The van der Waals surface area contributed by atoms with Crippen molar-refractivity contribution >= 4 is 28.9 Å². The number of rotatable bonds is 6. The first-order valence-corrected chi connectivity index (χ1v) is 7.35. The van der Waals surface area contributed by atoms with Gasteiger partial charge in [0.15, 0.2) is 0 Å². The van der Waals surface area contributed by atoms with Gasteiger partial charge in [-0.05, 0) is 42.9 Å². The summed E-state index contributed by atoms with van der Waals surface area (Å²) in [7, 11) is 0. The predicted molar refractivity (Wildman–Crippen MR) is 82.8 cm³/mol. The van der Waals surface area contributed by atoms with Gasteiger partial charge >= 0.3 is 0 Å². The third-order valence-corrected chi connectivity index (χ3v) is 3.35. The molecule has 1 rings (SSSR count). The molecule has 0 bridgehead atoms. The standard InChI is InChI=1S/C15H23Cl2N/c1-10(2)7-13(8-11(3)4)18-15-6-5-12(16)9-14(15)17/h5-6,9-11,13,18H,7-8H2,1-4H3. The number of hydrogen-bond donors (Lipinski definition) is 1. The Morgan fingerprint density at radius 2 is 1.56 bits per heavy atom. The Balaban J connectivity index is 2.75. The average molecular weight is 288 g/mol. The molecule has 102 valence electrons. The van der Waals surface area contributed by atoms with E-state index >= 15 is 0 Å². The first-order valence-electron chi connectivity index (χ1n) is 6.60. The molecule has 1 aromatic carbocycles. The molecule has 1 N–H and O–H groups in total. The van der Waals surface area contributed by atoms with Crippen LogP contribution in [0.5, 0.6) is 0 Å². The second-order valence-corrected chi connectivity index (χ2v) is 6.57. The van der Waals surface area contributed by atoms with Crippen molar-refractivity contribution in [3.05, 3.63) is 28.2 Å². The number of benzene rings is 1.